The Morgan fingerprint density at radius 1 is 1.26 bits per heavy atom. The molecule has 2 aliphatic rings. The van der Waals surface area contributed by atoms with E-state index < -0.39 is 0 Å². The summed E-state index contributed by atoms with van der Waals surface area (Å²) in [6, 6.07) is 7.14. The third kappa shape index (κ3) is 5.63. The number of likely N-dealkylation sites (N-methyl/N-ethyl adjacent to an activating group) is 1. The van der Waals surface area contributed by atoms with Gasteiger partial charge in [-0.05, 0) is 44.8 Å². The number of nitrogens with zero attached hydrogens (tertiary/aromatic N) is 5. The Kier molecular flexibility index (Phi) is 7.56. The summed E-state index contributed by atoms with van der Waals surface area (Å²) in [5.41, 5.74) is 7.56. The summed E-state index contributed by atoms with van der Waals surface area (Å²) < 4.78 is 11.0. The number of carbonyl (C=O) groups excluding carboxylic acids is 2. The molecule has 1 aromatic carbocycles. The second-order valence-corrected chi connectivity index (χ2v) is 10.2. The molecule has 5 rings (SSSR count). The molecule has 0 spiro atoms. The fraction of sp³-hybridized carbons (Fsp3) is 0.400. The smallest absolute Gasteiger partial charge is 0.261 e. The molecular formula is C25H29N7O5S. The Hall–Kier alpha value is -3.97. The molecule has 12 nitrogen and oxygen atoms in total. The predicted molar refractivity (Wildman–Crippen MR) is 143 cm³/mol. The summed E-state index contributed by atoms with van der Waals surface area (Å²) in [6.07, 6.45) is 1.42. The molecule has 200 valence electrons. The van der Waals surface area contributed by atoms with Gasteiger partial charge in [-0.3, -0.25) is 9.59 Å². The number of fused-ring (bicyclic) bond motifs is 2. The predicted octanol–water partition coefficient (Wildman–Crippen LogP) is 1.69. The third-order valence-corrected chi connectivity index (χ3v) is 7.16. The molecule has 0 atom stereocenters. The van der Waals surface area contributed by atoms with Crippen LogP contribution in [0.3, 0.4) is 0 Å². The normalized spacial score (nSPS) is 15.1. The van der Waals surface area contributed by atoms with Gasteiger partial charge < -0.3 is 35.2 Å². The molecule has 4 heterocycles. The molecule has 0 bridgehead atoms. The highest BCUT2D eigenvalue weighted by molar-refractivity contribution is 7.20. The van der Waals surface area contributed by atoms with E-state index in [0.717, 1.165) is 19.5 Å². The number of hydrogen-bond donors (Lipinski definition) is 2. The van der Waals surface area contributed by atoms with Gasteiger partial charge in [0.15, 0.2) is 11.5 Å². The molecule has 3 aromatic rings. The zero-order valence-electron chi connectivity index (χ0n) is 21.2. The lowest BCUT2D eigenvalue weighted by Crippen LogP contribution is -2.30. The van der Waals surface area contributed by atoms with Gasteiger partial charge in [-0.1, -0.05) is 5.16 Å². The highest BCUT2D eigenvalue weighted by Gasteiger charge is 2.23. The van der Waals surface area contributed by atoms with Crippen LogP contribution in [0.15, 0.2) is 29.4 Å². The van der Waals surface area contributed by atoms with Crippen molar-refractivity contribution in [2.24, 2.45) is 5.16 Å². The van der Waals surface area contributed by atoms with E-state index in [2.05, 4.69) is 20.4 Å². The first-order chi connectivity index (χ1) is 18.4. The summed E-state index contributed by atoms with van der Waals surface area (Å²) in [7, 11) is 3.89. The summed E-state index contributed by atoms with van der Waals surface area (Å²) in [6.45, 7) is 2.74. The number of rotatable bonds is 10. The maximum absolute atomic E-state index is 12.8. The average molecular weight is 540 g/mol. The topological polar surface area (TPSA) is 144 Å². The van der Waals surface area contributed by atoms with Crippen molar-refractivity contribution < 1.29 is 23.9 Å². The van der Waals surface area contributed by atoms with Gasteiger partial charge in [-0.15, -0.1) is 11.3 Å². The number of amides is 2. The van der Waals surface area contributed by atoms with E-state index in [1.807, 2.05) is 25.1 Å². The highest BCUT2D eigenvalue weighted by Crippen LogP contribution is 2.34. The summed E-state index contributed by atoms with van der Waals surface area (Å²) in [4.78, 5) is 44.1. The third-order valence-electron chi connectivity index (χ3n) is 6.13. The lowest BCUT2D eigenvalue weighted by atomic mass is 10.0. The van der Waals surface area contributed by atoms with Gasteiger partial charge in [0.1, 0.15) is 22.8 Å². The number of aromatic nitrogens is 2. The van der Waals surface area contributed by atoms with Crippen LogP contribution in [0, 0.1) is 0 Å². The van der Waals surface area contributed by atoms with Crippen LogP contribution in [0.4, 0.5) is 5.95 Å². The Balaban J connectivity index is 1.47. The number of ether oxygens (including phenoxy) is 2. The van der Waals surface area contributed by atoms with Gasteiger partial charge in [-0.25, -0.2) is 9.97 Å². The van der Waals surface area contributed by atoms with Gasteiger partial charge in [-0.2, -0.15) is 0 Å². The number of benzene rings is 1. The molecular weight excluding hydrogens is 510 g/mol. The molecule has 0 radical (unpaired) electrons. The minimum atomic E-state index is -0.201. The number of thiophene rings is 1. The number of anilines is 1. The molecule has 0 saturated carbocycles. The van der Waals surface area contributed by atoms with E-state index in [1.165, 1.54) is 11.3 Å². The second-order valence-electron chi connectivity index (χ2n) is 9.14. The van der Waals surface area contributed by atoms with Crippen LogP contribution in [-0.2, 0) is 9.63 Å². The fourth-order valence-corrected chi connectivity index (χ4v) is 5.14. The average Bonchev–Trinajstić information content (AvgIpc) is 3.62. The van der Waals surface area contributed by atoms with Crippen LogP contribution < -0.4 is 20.5 Å². The van der Waals surface area contributed by atoms with Crippen molar-refractivity contribution in [1.82, 2.24) is 25.1 Å². The van der Waals surface area contributed by atoms with Gasteiger partial charge in [0, 0.05) is 37.0 Å². The zero-order chi connectivity index (χ0) is 26.6. The van der Waals surface area contributed by atoms with Gasteiger partial charge in [0.25, 0.3) is 5.91 Å². The highest BCUT2D eigenvalue weighted by atomic mass is 32.1. The Morgan fingerprint density at radius 2 is 2.11 bits per heavy atom. The van der Waals surface area contributed by atoms with Crippen LogP contribution in [0.2, 0.25) is 0 Å². The van der Waals surface area contributed by atoms with Crippen LogP contribution in [0.5, 0.6) is 11.5 Å². The fourth-order valence-electron chi connectivity index (χ4n) is 4.19. The van der Waals surface area contributed by atoms with Crippen molar-refractivity contribution in [1.29, 1.82) is 0 Å². The summed E-state index contributed by atoms with van der Waals surface area (Å²) in [5, 5.41) is 7.97. The van der Waals surface area contributed by atoms with Crippen molar-refractivity contribution >= 4 is 45.0 Å². The van der Waals surface area contributed by atoms with Crippen LogP contribution in [0.25, 0.3) is 10.2 Å². The number of carbonyl (C=O) groups is 2. The summed E-state index contributed by atoms with van der Waals surface area (Å²) in [5.74, 6) is 1.16. The number of nitrogen functional groups attached to an aromatic ring is 1. The largest absolute Gasteiger partial charge is 0.454 e. The lowest BCUT2D eigenvalue weighted by Gasteiger charge is -2.14. The molecule has 2 aliphatic heterocycles. The maximum Gasteiger partial charge on any atom is 0.261 e. The van der Waals surface area contributed by atoms with Crippen LogP contribution in [-0.4, -0.2) is 91.0 Å². The number of likely N-dealkylation sites (tertiary alicyclic amines) is 1. The molecule has 38 heavy (non-hydrogen) atoms. The zero-order valence-corrected chi connectivity index (χ0v) is 22.0. The van der Waals surface area contributed by atoms with E-state index in [1.54, 1.807) is 23.1 Å². The standard InChI is InChI=1S/C25H29N7O5S/c1-31(2)9-7-27-23(34)19-13-16-22(28-25(26)29-24(16)38-19)21(15-5-6-17-18(12-15)36-14-35-17)30-37-11-10-32-8-3-4-20(32)33/h5-6,12-13H,3-4,7-11,14H2,1-2H3,(H,27,34)(H2,26,28,29). The quantitative estimate of drug-likeness (QED) is 0.223. The van der Waals surface area contributed by atoms with Crippen molar-refractivity contribution in [3.8, 4) is 11.5 Å². The molecule has 2 amide bonds. The van der Waals surface area contributed by atoms with Gasteiger partial charge in [0.05, 0.1) is 11.4 Å². The van der Waals surface area contributed by atoms with Crippen molar-refractivity contribution in [2.75, 3.05) is 59.4 Å². The molecule has 13 heteroatoms. The van der Waals surface area contributed by atoms with Crippen LogP contribution in [0.1, 0.15) is 33.8 Å². The van der Waals surface area contributed by atoms with Crippen molar-refractivity contribution in [3.63, 3.8) is 0 Å². The first-order valence-electron chi connectivity index (χ1n) is 12.3. The van der Waals surface area contributed by atoms with E-state index in [9.17, 15) is 9.59 Å². The molecule has 2 aromatic heterocycles. The van der Waals surface area contributed by atoms with Gasteiger partial charge >= 0.3 is 0 Å². The molecule has 1 fully saturated rings. The minimum absolute atomic E-state index is 0.0463. The lowest BCUT2D eigenvalue weighted by molar-refractivity contribution is -0.128. The summed E-state index contributed by atoms with van der Waals surface area (Å²) >= 11 is 1.23. The minimum Gasteiger partial charge on any atom is -0.454 e. The number of nitrogens with two attached hydrogens (primary N) is 1. The Morgan fingerprint density at radius 3 is 2.89 bits per heavy atom. The molecule has 1 saturated heterocycles. The van der Waals surface area contributed by atoms with Crippen molar-refractivity contribution in [3.05, 3.63) is 40.4 Å². The van der Waals surface area contributed by atoms with E-state index in [0.29, 0.717) is 63.1 Å². The molecule has 0 aliphatic carbocycles. The van der Waals surface area contributed by atoms with Gasteiger partial charge in [0.2, 0.25) is 18.6 Å². The number of hydrogen-bond acceptors (Lipinski definition) is 11. The SMILES string of the molecule is CN(C)CCNC(=O)c1cc2c(C(=NOCCN3CCCC3=O)c3ccc4c(c3)OCO4)nc(N)nc2s1. The first kappa shape index (κ1) is 25.7. The monoisotopic (exact) mass is 539 g/mol. The molecule has 0 unspecified atom stereocenters. The second kappa shape index (κ2) is 11.2. The number of nitrogens with one attached hydrogen (secondary N) is 1. The Labute approximate surface area is 223 Å². The maximum atomic E-state index is 12.8. The van der Waals surface area contributed by atoms with E-state index in [-0.39, 0.29) is 31.2 Å². The first-order valence-corrected chi connectivity index (χ1v) is 13.1. The van der Waals surface area contributed by atoms with Crippen LogP contribution >= 0.6 is 11.3 Å². The number of oxime groups is 1. The van der Waals surface area contributed by atoms with E-state index >= 15 is 0 Å². The van der Waals surface area contributed by atoms with E-state index in [4.69, 9.17) is 20.0 Å². The Bertz CT molecular complexity index is 1390. The molecule has 3 N–H and O–H groups in total. The van der Waals surface area contributed by atoms with Crippen molar-refractivity contribution in [2.45, 2.75) is 12.8 Å².